The number of hydrogen-bond acceptors (Lipinski definition) is 0. The molecule has 0 saturated heterocycles. The average Bonchev–Trinajstić information content (AvgIpc) is 2.66. The van der Waals surface area contributed by atoms with Crippen molar-refractivity contribution >= 4 is 0 Å². The standard InChI is InChI=1S/C28H52/c1-10-24-15-26(21(7)19(5)20(24)6)17-27-16-25(14-12-13-18(3)4)28(11-2)23(9)22(27)8/h19-28H,3,10-17H2,1-2,4-9H3/t19?,20?,21?,22?,23?,24?,25?,26?,27?,28-/m0/s1. The summed E-state index contributed by atoms with van der Waals surface area (Å²) in [4.78, 5) is 0. The molecule has 0 radical (unpaired) electrons. The molecule has 0 aliphatic heterocycles. The number of rotatable bonds is 8. The van der Waals surface area contributed by atoms with Gasteiger partial charge in [-0.05, 0) is 105 Å². The third kappa shape index (κ3) is 5.46. The summed E-state index contributed by atoms with van der Waals surface area (Å²) in [7, 11) is 0. The fourth-order valence-electron chi connectivity index (χ4n) is 7.43. The molecule has 2 aliphatic rings. The molecule has 0 heterocycles. The van der Waals surface area contributed by atoms with Gasteiger partial charge in [0, 0.05) is 0 Å². The van der Waals surface area contributed by atoms with Crippen molar-refractivity contribution in [2.75, 3.05) is 0 Å². The first kappa shape index (κ1) is 24.0. The number of allylic oxidation sites excluding steroid dienone is 1. The highest BCUT2D eigenvalue weighted by Crippen LogP contribution is 2.51. The van der Waals surface area contributed by atoms with Crippen LogP contribution in [0.4, 0.5) is 0 Å². The van der Waals surface area contributed by atoms with Gasteiger partial charge in [-0.1, -0.05) is 66.9 Å². The first-order chi connectivity index (χ1) is 13.2. The maximum Gasteiger partial charge on any atom is -0.0326 e. The fourth-order valence-corrected chi connectivity index (χ4v) is 7.43. The highest BCUT2D eigenvalue weighted by atomic mass is 14.5. The molecule has 2 rings (SSSR count). The van der Waals surface area contributed by atoms with Crippen molar-refractivity contribution < 1.29 is 0 Å². The van der Waals surface area contributed by atoms with Gasteiger partial charge in [0.25, 0.3) is 0 Å². The first-order valence-corrected chi connectivity index (χ1v) is 12.8. The molecule has 0 N–H and O–H groups in total. The summed E-state index contributed by atoms with van der Waals surface area (Å²) < 4.78 is 0. The van der Waals surface area contributed by atoms with Gasteiger partial charge in [-0.15, -0.1) is 6.58 Å². The predicted molar refractivity (Wildman–Crippen MR) is 126 cm³/mol. The molecule has 0 amide bonds. The lowest BCUT2D eigenvalue weighted by Crippen LogP contribution is -2.41. The van der Waals surface area contributed by atoms with Gasteiger partial charge in [0.05, 0.1) is 0 Å². The Kier molecular flexibility index (Phi) is 9.15. The van der Waals surface area contributed by atoms with E-state index < -0.39 is 0 Å². The van der Waals surface area contributed by atoms with Gasteiger partial charge in [-0.3, -0.25) is 0 Å². The van der Waals surface area contributed by atoms with Crippen molar-refractivity contribution in [1.29, 1.82) is 0 Å². The normalized spacial score (nSPS) is 44.4. The molecule has 0 heteroatoms. The second-order valence-corrected chi connectivity index (χ2v) is 11.4. The summed E-state index contributed by atoms with van der Waals surface area (Å²) in [6, 6.07) is 0. The Morgan fingerprint density at radius 3 is 1.79 bits per heavy atom. The van der Waals surface area contributed by atoms with Crippen molar-refractivity contribution in [3.05, 3.63) is 12.2 Å². The van der Waals surface area contributed by atoms with Gasteiger partial charge in [0.1, 0.15) is 0 Å². The molecular formula is C28H52. The Bertz CT molecular complexity index is 474. The van der Waals surface area contributed by atoms with E-state index in [9.17, 15) is 0 Å². The van der Waals surface area contributed by atoms with Crippen molar-refractivity contribution in [1.82, 2.24) is 0 Å². The van der Waals surface area contributed by atoms with E-state index in [0.717, 1.165) is 59.2 Å². The van der Waals surface area contributed by atoms with Crippen LogP contribution in [0.25, 0.3) is 0 Å². The van der Waals surface area contributed by atoms with Gasteiger partial charge in [0.15, 0.2) is 0 Å². The van der Waals surface area contributed by atoms with Crippen molar-refractivity contribution in [3.8, 4) is 0 Å². The fraction of sp³-hybridized carbons (Fsp3) is 0.929. The Hall–Kier alpha value is -0.260. The molecule has 0 aromatic heterocycles. The van der Waals surface area contributed by atoms with E-state index in [1.807, 2.05) is 0 Å². The van der Waals surface area contributed by atoms with Gasteiger partial charge in [-0.25, -0.2) is 0 Å². The molecule has 28 heavy (non-hydrogen) atoms. The number of hydrogen-bond donors (Lipinski definition) is 0. The molecule has 9 unspecified atom stereocenters. The molecule has 0 bridgehead atoms. The van der Waals surface area contributed by atoms with Crippen LogP contribution in [0.5, 0.6) is 0 Å². The van der Waals surface area contributed by atoms with Crippen molar-refractivity contribution in [3.63, 3.8) is 0 Å². The van der Waals surface area contributed by atoms with Crippen molar-refractivity contribution in [2.24, 2.45) is 59.2 Å². The van der Waals surface area contributed by atoms with Gasteiger partial charge >= 0.3 is 0 Å². The molecule has 0 spiro atoms. The largest absolute Gasteiger partial charge is 0.100 e. The van der Waals surface area contributed by atoms with Crippen LogP contribution in [-0.2, 0) is 0 Å². The highest BCUT2D eigenvalue weighted by molar-refractivity contribution is 4.93. The minimum Gasteiger partial charge on any atom is -0.100 e. The van der Waals surface area contributed by atoms with E-state index in [2.05, 4.69) is 62.0 Å². The molecular weight excluding hydrogens is 336 g/mol. The molecule has 10 atom stereocenters. The lowest BCUT2D eigenvalue weighted by Gasteiger charge is -2.49. The molecule has 2 aliphatic carbocycles. The van der Waals surface area contributed by atoms with Crippen molar-refractivity contribution in [2.45, 2.75) is 107 Å². The Balaban J connectivity index is 2.07. The van der Waals surface area contributed by atoms with E-state index >= 15 is 0 Å². The summed E-state index contributed by atoms with van der Waals surface area (Å²) in [5.41, 5.74) is 1.37. The first-order valence-electron chi connectivity index (χ1n) is 12.8. The van der Waals surface area contributed by atoms with Gasteiger partial charge in [-0.2, -0.15) is 0 Å². The summed E-state index contributed by atoms with van der Waals surface area (Å²) in [6.45, 7) is 24.0. The summed E-state index contributed by atoms with van der Waals surface area (Å²) in [5.74, 6) is 9.31. The van der Waals surface area contributed by atoms with Gasteiger partial charge < -0.3 is 0 Å². The molecule has 0 nitrogen and oxygen atoms in total. The van der Waals surface area contributed by atoms with E-state index in [0.29, 0.717) is 0 Å². The van der Waals surface area contributed by atoms with Crippen LogP contribution in [-0.4, -0.2) is 0 Å². The minimum atomic E-state index is 0.898. The quantitative estimate of drug-likeness (QED) is 0.364. The minimum absolute atomic E-state index is 0.898. The monoisotopic (exact) mass is 388 g/mol. The maximum atomic E-state index is 4.13. The molecule has 2 saturated carbocycles. The lowest BCUT2D eigenvalue weighted by molar-refractivity contribution is 0.00220. The molecule has 0 aromatic rings. The molecule has 2 fully saturated rings. The van der Waals surface area contributed by atoms with Gasteiger partial charge in [0.2, 0.25) is 0 Å². The Labute approximate surface area is 178 Å². The van der Waals surface area contributed by atoms with Crippen LogP contribution in [0.15, 0.2) is 12.2 Å². The lowest BCUT2D eigenvalue weighted by atomic mass is 9.56. The van der Waals surface area contributed by atoms with E-state index in [1.54, 1.807) is 0 Å². The SMILES string of the molecule is C=C(C)CCCC1CC(CC2CC(CC)C(C)C(C)C2C)C(C)C(C)[C@@H]1CC. The summed E-state index contributed by atoms with van der Waals surface area (Å²) >= 11 is 0. The van der Waals surface area contributed by atoms with Crippen LogP contribution in [0.2, 0.25) is 0 Å². The maximum absolute atomic E-state index is 4.13. The predicted octanol–water partition coefficient (Wildman–Crippen LogP) is 9.01. The average molecular weight is 389 g/mol. The smallest absolute Gasteiger partial charge is 0.0326 e. The van der Waals surface area contributed by atoms with E-state index in [1.165, 1.54) is 56.9 Å². The van der Waals surface area contributed by atoms with Crippen LogP contribution in [0, 0.1) is 59.2 Å². The third-order valence-electron chi connectivity index (χ3n) is 9.99. The highest BCUT2D eigenvalue weighted by Gasteiger charge is 2.43. The Morgan fingerprint density at radius 2 is 1.25 bits per heavy atom. The third-order valence-corrected chi connectivity index (χ3v) is 9.99. The molecule has 164 valence electrons. The zero-order valence-corrected chi connectivity index (χ0v) is 20.6. The zero-order chi connectivity index (χ0) is 21.0. The van der Waals surface area contributed by atoms with Crippen LogP contribution >= 0.6 is 0 Å². The molecule has 0 aromatic carbocycles. The topological polar surface area (TPSA) is 0 Å². The van der Waals surface area contributed by atoms with Crippen LogP contribution in [0.1, 0.15) is 107 Å². The summed E-state index contributed by atoms with van der Waals surface area (Å²) in [6.07, 6.45) is 11.3. The van der Waals surface area contributed by atoms with Crippen LogP contribution < -0.4 is 0 Å². The zero-order valence-electron chi connectivity index (χ0n) is 20.6. The second-order valence-electron chi connectivity index (χ2n) is 11.4. The van der Waals surface area contributed by atoms with Crippen LogP contribution in [0.3, 0.4) is 0 Å². The summed E-state index contributed by atoms with van der Waals surface area (Å²) in [5, 5.41) is 0. The van der Waals surface area contributed by atoms with E-state index in [4.69, 9.17) is 0 Å². The second kappa shape index (κ2) is 10.7. The Morgan fingerprint density at radius 1 is 0.714 bits per heavy atom. The van der Waals surface area contributed by atoms with E-state index in [-0.39, 0.29) is 0 Å².